The average Bonchev–Trinajstić information content (AvgIpc) is 2.38. The summed E-state index contributed by atoms with van der Waals surface area (Å²) < 4.78 is 25.5. The smallest absolute Gasteiger partial charge is 0.756 e. The summed E-state index contributed by atoms with van der Waals surface area (Å²) in [6.07, 6.45) is 8.68. The normalized spacial score (nSPS) is 13.8. The molecule has 0 bridgehead atoms. The van der Waals surface area contributed by atoms with E-state index in [0.717, 1.165) is 25.7 Å². The molecule has 1 atom stereocenters. The molecule has 0 saturated carbocycles. The molecular weight excluding hydrogens is 294 g/mol. The van der Waals surface area contributed by atoms with Crippen molar-refractivity contribution in [2.75, 3.05) is 20.0 Å². The van der Waals surface area contributed by atoms with Crippen molar-refractivity contribution in [3.63, 3.8) is 0 Å². The first-order valence-electron chi connectivity index (χ1n) is 7.30. The molecule has 0 aliphatic rings. The van der Waals surface area contributed by atoms with E-state index in [1.54, 1.807) is 0 Å². The van der Waals surface area contributed by atoms with Crippen LogP contribution in [0.2, 0.25) is 0 Å². The Kier molecular flexibility index (Phi) is 18.3. The zero-order valence-electron chi connectivity index (χ0n) is 12.8. The summed E-state index contributed by atoms with van der Waals surface area (Å²) in [4.78, 5) is 11.3. The van der Waals surface area contributed by atoms with Crippen molar-refractivity contribution in [3.8, 4) is 0 Å². The van der Waals surface area contributed by atoms with E-state index in [4.69, 9.17) is 9.26 Å². The van der Waals surface area contributed by atoms with Crippen LogP contribution in [0.4, 0.5) is 0 Å². The van der Waals surface area contributed by atoms with Crippen LogP contribution in [0, 0.1) is 0 Å². The number of hydrogen-bond donors (Lipinski definition) is 0. The van der Waals surface area contributed by atoms with Gasteiger partial charge in [-0.3, -0.25) is 9.09 Å². The second kappa shape index (κ2) is 16.0. The number of ether oxygens (including phenoxy) is 1. The maximum atomic E-state index is 11.3. The molecule has 0 aromatic heterocycles. The zero-order valence-corrected chi connectivity index (χ0v) is 14.9. The van der Waals surface area contributed by atoms with Crippen molar-refractivity contribution in [1.82, 2.24) is 0 Å². The van der Waals surface area contributed by atoms with E-state index in [2.05, 4.69) is 11.4 Å². The standard InChI is InChI=1S/C13H29O5P.Al/c1-3-5-6-7-8-9-10-12-17-19(14,15)18-13-16-11-4-2;/h3-13H2,1-2H3,(H,14,15);/q;+3/p-1. The van der Waals surface area contributed by atoms with Crippen LogP contribution in [0.3, 0.4) is 0 Å². The van der Waals surface area contributed by atoms with E-state index < -0.39 is 7.82 Å². The van der Waals surface area contributed by atoms with Crippen LogP contribution >= 0.6 is 7.82 Å². The number of phosphoric acid groups is 1. The molecule has 0 aliphatic heterocycles. The molecular formula is C13H28AlO5P+2. The maximum absolute atomic E-state index is 11.3. The van der Waals surface area contributed by atoms with Gasteiger partial charge in [0.05, 0.1) is 6.61 Å². The number of hydrogen-bond acceptors (Lipinski definition) is 5. The van der Waals surface area contributed by atoms with E-state index >= 15 is 0 Å². The minimum Gasteiger partial charge on any atom is -0.756 e. The predicted molar refractivity (Wildman–Crippen MR) is 79.5 cm³/mol. The van der Waals surface area contributed by atoms with Crippen LogP contribution < -0.4 is 4.89 Å². The summed E-state index contributed by atoms with van der Waals surface area (Å²) >= 11 is 0. The first-order valence-corrected chi connectivity index (χ1v) is 8.76. The van der Waals surface area contributed by atoms with Crippen LogP contribution in [0.5, 0.6) is 0 Å². The van der Waals surface area contributed by atoms with E-state index in [1.165, 1.54) is 25.7 Å². The van der Waals surface area contributed by atoms with Gasteiger partial charge in [-0.2, -0.15) is 0 Å². The second-order valence-corrected chi connectivity index (χ2v) is 5.97. The molecule has 0 aromatic carbocycles. The summed E-state index contributed by atoms with van der Waals surface area (Å²) in [6, 6.07) is 0. The quantitative estimate of drug-likeness (QED) is 0.212. The van der Waals surface area contributed by atoms with Crippen molar-refractivity contribution in [3.05, 3.63) is 0 Å². The molecule has 0 N–H and O–H groups in total. The molecule has 0 amide bonds. The Morgan fingerprint density at radius 1 is 0.850 bits per heavy atom. The van der Waals surface area contributed by atoms with Crippen molar-refractivity contribution in [1.29, 1.82) is 0 Å². The van der Waals surface area contributed by atoms with Crippen LogP contribution in [0.1, 0.15) is 65.2 Å². The summed E-state index contributed by atoms with van der Waals surface area (Å²) in [5, 5.41) is 0. The fourth-order valence-corrected chi connectivity index (χ4v) is 2.21. The molecule has 116 valence electrons. The minimum atomic E-state index is -4.17. The molecule has 0 heterocycles. The van der Waals surface area contributed by atoms with Crippen LogP contribution in [0.25, 0.3) is 0 Å². The molecule has 1 unspecified atom stereocenters. The van der Waals surface area contributed by atoms with E-state index in [0.29, 0.717) is 6.61 Å². The van der Waals surface area contributed by atoms with Crippen molar-refractivity contribution >= 4 is 25.2 Å². The first kappa shape index (κ1) is 22.9. The third-order valence-corrected chi connectivity index (χ3v) is 3.56. The van der Waals surface area contributed by atoms with Gasteiger partial charge in [-0.15, -0.1) is 0 Å². The fraction of sp³-hybridized carbons (Fsp3) is 1.00. The Labute approximate surface area is 134 Å². The Morgan fingerprint density at radius 2 is 1.45 bits per heavy atom. The van der Waals surface area contributed by atoms with Gasteiger partial charge in [0, 0.05) is 6.61 Å². The zero-order chi connectivity index (χ0) is 14.4. The number of unbranched alkanes of at least 4 members (excludes halogenated alkanes) is 6. The van der Waals surface area contributed by atoms with Gasteiger partial charge in [-0.05, 0) is 12.8 Å². The Balaban J connectivity index is 0. The van der Waals surface area contributed by atoms with Gasteiger partial charge >= 0.3 is 17.4 Å². The SMILES string of the molecule is CCCCCCCCCOP(=O)([O-])OCOCCC.[Al+3]. The van der Waals surface area contributed by atoms with Gasteiger partial charge < -0.3 is 14.2 Å². The van der Waals surface area contributed by atoms with Gasteiger partial charge in [-0.1, -0.05) is 52.4 Å². The van der Waals surface area contributed by atoms with Gasteiger partial charge in [0.2, 0.25) is 0 Å². The van der Waals surface area contributed by atoms with Crippen LogP contribution in [-0.4, -0.2) is 37.4 Å². The largest absolute Gasteiger partial charge is 3.00 e. The van der Waals surface area contributed by atoms with Gasteiger partial charge in [0.15, 0.2) is 6.79 Å². The number of rotatable bonds is 14. The second-order valence-electron chi connectivity index (χ2n) is 4.56. The van der Waals surface area contributed by atoms with E-state index in [-0.39, 0.29) is 30.8 Å². The third kappa shape index (κ3) is 16.7. The predicted octanol–water partition coefficient (Wildman–Crippen LogP) is 3.24. The molecule has 7 heteroatoms. The van der Waals surface area contributed by atoms with Crippen molar-refractivity contribution in [2.45, 2.75) is 65.2 Å². The van der Waals surface area contributed by atoms with E-state index in [1.807, 2.05) is 6.92 Å². The Hall–Kier alpha value is 0.602. The van der Waals surface area contributed by atoms with Crippen molar-refractivity contribution in [2.24, 2.45) is 0 Å². The van der Waals surface area contributed by atoms with Crippen LogP contribution in [-0.2, 0) is 18.3 Å². The van der Waals surface area contributed by atoms with Gasteiger partial charge in [0.1, 0.15) is 0 Å². The molecule has 0 fully saturated rings. The third-order valence-electron chi connectivity index (χ3n) is 2.64. The summed E-state index contributed by atoms with van der Waals surface area (Å²) in [6.45, 7) is 4.55. The average molecular weight is 322 g/mol. The van der Waals surface area contributed by atoms with Crippen molar-refractivity contribution < 1.29 is 23.2 Å². The molecule has 5 nitrogen and oxygen atoms in total. The van der Waals surface area contributed by atoms with Crippen LogP contribution in [0.15, 0.2) is 0 Å². The fourth-order valence-electron chi connectivity index (χ4n) is 1.58. The Morgan fingerprint density at radius 3 is 2.05 bits per heavy atom. The monoisotopic (exact) mass is 322 g/mol. The first-order chi connectivity index (χ1) is 9.12. The molecule has 0 spiro atoms. The molecule has 0 aromatic rings. The summed E-state index contributed by atoms with van der Waals surface area (Å²) in [5.41, 5.74) is 0. The molecule has 0 saturated heterocycles. The van der Waals surface area contributed by atoms with E-state index in [9.17, 15) is 9.46 Å². The topological polar surface area (TPSA) is 67.8 Å². The molecule has 0 radical (unpaired) electrons. The Bertz CT molecular complexity index is 241. The minimum absolute atomic E-state index is 0. The van der Waals surface area contributed by atoms with Gasteiger partial charge in [-0.25, -0.2) is 0 Å². The maximum Gasteiger partial charge on any atom is 3.00 e. The summed E-state index contributed by atoms with van der Waals surface area (Å²) in [5.74, 6) is 0. The molecule has 20 heavy (non-hydrogen) atoms. The summed E-state index contributed by atoms with van der Waals surface area (Å²) in [7, 11) is -4.17. The number of phosphoric ester groups is 1. The molecule has 0 rings (SSSR count). The van der Waals surface area contributed by atoms with Gasteiger partial charge in [0.25, 0.3) is 7.82 Å². The molecule has 0 aliphatic carbocycles.